The molecule has 0 radical (unpaired) electrons. The number of likely N-dealkylation sites (N-methyl/N-ethyl adjacent to an activating group) is 1. The van der Waals surface area contributed by atoms with Crippen LogP contribution in [0.2, 0.25) is 0 Å². The monoisotopic (exact) mass is 410 g/mol. The second kappa shape index (κ2) is 11.0. The second-order valence-corrected chi connectivity index (χ2v) is 8.13. The standard InChI is InChI=1S/C24H34N4O2/c1-19-9-10-20(2)22(17-19)30-16-5-4-8-23(29)26-18-21-7-6-11-25-24(21)28-14-12-27(3)13-15-28/h6-7,9-11,17H,4-5,8,12-16,18H2,1-3H3,(H,26,29). The first-order valence-electron chi connectivity index (χ1n) is 10.9. The summed E-state index contributed by atoms with van der Waals surface area (Å²) in [6.07, 6.45) is 4.02. The van der Waals surface area contributed by atoms with E-state index in [1.54, 1.807) is 0 Å². The molecule has 6 nitrogen and oxygen atoms in total. The van der Waals surface area contributed by atoms with Gasteiger partial charge in [0.1, 0.15) is 11.6 Å². The molecule has 1 aromatic carbocycles. The van der Waals surface area contributed by atoms with Gasteiger partial charge in [-0.25, -0.2) is 4.98 Å². The fraction of sp³-hybridized carbons (Fsp3) is 0.500. The highest BCUT2D eigenvalue weighted by Crippen LogP contribution is 2.20. The first kappa shape index (κ1) is 22.1. The maximum Gasteiger partial charge on any atom is 0.220 e. The Labute approximate surface area is 180 Å². The number of aryl methyl sites for hydroxylation is 2. The van der Waals surface area contributed by atoms with E-state index in [0.29, 0.717) is 19.6 Å². The van der Waals surface area contributed by atoms with Crippen LogP contribution in [0.25, 0.3) is 0 Å². The fourth-order valence-corrected chi connectivity index (χ4v) is 3.59. The third-order valence-corrected chi connectivity index (χ3v) is 5.55. The van der Waals surface area contributed by atoms with Crippen molar-refractivity contribution in [3.63, 3.8) is 0 Å². The number of hydrogen-bond acceptors (Lipinski definition) is 5. The van der Waals surface area contributed by atoms with E-state index >= 15 is 0 Å². The molecular formula is C24H34N4O2. The molecule has 0 atom stereocenters. The van der Waals surface area contributed by atoms with Gasteiger partial charge in [-0.1, -0.05) is 18.2 Å². The first-order chi connectivity index (χ1) is 14.5. The van der Waals surface area contributed by atoms with Gasteiger partial charge in [-0.3, -0.25) is 4.79 Å². The third kappa shape index (κ3) is 6.46. The molecular weight excluding hydrogens is 376 g/mol. The summed E-state index contributed by atoms with van der Waals surface area (Å²) in [5.41, 5.74) is 3.42. The number of unbranched alkanes of at least 4 members (excludes halogenated alkanes) is 1. The first-order valence-corrected chi connectivity index (χ1v) is 10.9. The molecule has 2 aromatic rings. The third-order valence-electron chi connectivity index (χ3n) is 5.55. The molecule has 30 heavy (non-hydrogen) atoms. The molecule has 1 saturated heterocycles. The van der Waals surface area contributed by atoms with Crippen molar-refractivity contribution in [3.05, 3.63) is 53.2 Å². The number of ether oxygens (including phenoxy) is 1. The summed E-state index contributed by atoms with van der Waals surface area (Å²) in [7, 11) is 2.14. The van der Waals surface area contributed by atoms with Gasteiger partial charge in [0.15, 0.2) is 0 Å². The van der Waals surface area contributed by atoms with Crippen LogP contribution in [0, 0.1) is 13.8 Å². The van der Waals surface area contributed by atoms with Crippen LogP contribution < -0.4 is 15.0 Å². The molecule has 1 aliphatic rings. The predicted octanol–water partition coefficient (Wildman–Crippen LogP) is 3.32. The summed E-state index contributed by atoms with van der Waals surface area (Å²) in [6, 6.07) is 10.2. The number of amides is 1. The number of rotatable bonds is 9. The Bertz CT molecular complexity index is 832. The Hall–Kier alpha value is -2.60. The zero-order valence-electron chi connectivity index (χ0n) is 18.5. The number of hydrogen-bond donors (Lipinski definition) is 1. The quantitative estimate of drug-likeness (QED) is 0.643. The molecule has 0 unspecified atom stereocenters. The molecule has 6 heteroatoms. The Morgan fingerprint density at radius 3 is 2.73 bits per heavy atom. The van der Waals surface area contributed by atoms with Crippen molar-refractivity contribution in [1.29, 1.82) is 0 Å². The zero-order chi connectivity index (χ0) is 21.3. The van der Waals surface area contributed by atoms with E-state index in [9.17, 15) is 4.79 Å². The zero-order valence-corrected chi connectivity index (χ0v) is 18.5. The highest BCUT2D eigenvalue weighted by atomic mass is 16.5. The van der Waals surface area contributed by atoms with Crippen molar-refractivity contribution >= 4 is 11.7 Å². The van der Waals surface area contributed by atoms with Crippen molar-refractivity contribution in [2.75, 3.05) is 44.7 Å². The van der Waals surface area contributed by atoms with Crippen molar-refractivity contribution in [3.8, 4) is 5.75 Å². The van der Waals surface area contributed by atoms with Crippen LogP contribution in [-0.2, 0) is 11.3 Å². The highest BCUT2D eigenvalue weighted by Gasteiger charge is 2.18. The summed E-state index contributed by atoms with van der Waals surface area (Å²) in [6.45, 7) is 9.27. The molecule has 0 bridgehead atoms. The van der Waals surface area contributed by atoms with E-state index in [2.05, 4.69) is 65.3 Å². The van der Waals surface area contributed by atoms with Gasteiger partial charge in [-0.05, 0) is 57.0 Å². The van der Waals surface area contributed by atoms with Crippen molar-refractivity contribution < 1.29 is 9.53 Å². The van der Waals surface area contributed by atoms with Gasteiger partial charge in [0.2, 0.25) is 5.91 Å². The lowest BCUT2D eigenvalue weighted by molar-refractivity contribution is -0.121. The number of nitrogens with one attached hydrogen (secondary N) is 1. The molecule has 1 aromatic heterocycles. The number of anilines is 1. The van der Waals surface area contributed by atoms with E-state index < -0.39 is 0 Å². The number of carbonyl (C=O) groups is 1. The van der Waals surface area contributed by atoms with Crippen LogP contribution in [0.15, 0.2) is 36.5 Å². The lowest BCUT2D eigenvalue weighted by atomic mass is 10.1. The fourth-order valence-electron chi connectivity index (χ4n) is 3.59. The minimum absolute atomic E-state index is 0.0786. The molecule has 2 heterocycles. The molecule has 0 aliphatic carbocycles. The highest BCUT2D eigenvalue weighted by molar-refractivity contribution is 5.76. The van der Waals surface area contributed by atoms with E-state index in [1.807, 2.05) is 12.3 Å². The van der Waals surface area contributed by atoms with E-state index in [1.165, 1.54) is 5.56 Å². The van der Waals surface area contributed by atoms with Crippen LogP contribution >= 0.6 is 0 Å². The van der Waals surface area contributed by atoms with Gasteiger partial charge in [0.25, 0.3) is 0 Å². The van der Waals surface area contributed by atoms with Crippen molar-refractivity contribution in [1.82, 2.24) is 15.2 Å². The Kier molecular flexibility index (Phi) is 8.08. The summed E-state index contributed by atoms with van der Waals surface area (Å²) >= 11 is 0. The number of pyridine rings is 1. The van der Waals surface area contributed by atoms with Gasteiger partial charge in [0.05, 0.1) is 6.61 Å². The van der Waals surface area contributed by atoms with Crippen molar-refractivity contribution in [2.24, 2.45) is 0 Å². The van der Waals surface area contributed by atoms with Crippen LogP contribution in [0.4, 0.5) is 5.82 Å². The van der Waals surface area contributed by atoms with Gasteiger partial charge < -0.3 is 19.9 Å². The molecule has 0 spiro atoms. The Morgan fingerprint density at radius 1 is 1.13 bits per heavy atom. The minimum Gasteiger partial charge on any atom is -0.493 e. The molecule has 1 aliphatic heterocycles. The summed E-state index contributed by atoms with van der Waals surface area (Å²) in [5.74, 6) is 2.01. The maximum absolute atomic E-state index is 12.3. The lowest BCUT2D eigenvalue weighted by Gasteiger charge is -2.34. The topological polar surface area (TPSA) is 57.7 Å². The predicted molar refractivity (Wildman–Crippen MR) is 121 cm³/mol. The van der Waals surface area contributed by atoms with Crippen molar-refractivity contribution in [2.45, 2.75) is 39.7 Å². The maximum atomic E-state index is 12.3. The minimum atomic E-state index is 0.0786. The van der Waals surface area contributed by atoms with Crippen LogP contribution in [0.5, 0.6) is 5.75 Å². The molecule has 1 fully saturated rings. The van der Waals surface area contributed by atoms with Crippen LogP contribution in [-0.4, -0.2) is 55.6 Å². The molecule has 3 rings (SSSR count). The summed E-state index contributed by atoms with van der Waals surface area (Å²) in [5, 5.41) is 3.06. The SMILES string of the molecule is Cc1ccc(C)c(OCCCCC(=O)NCc2cccnc2N2CCN(C)CC2)c1. The van der Waals surface area contributed by atoms with Gasteiger partial charge in [-0.15, -0.1) is 0 Å². The number of benzene rings is 1. The van der Waals surface area contributed by atoms with E-state index in [0.717, 1.165) is 61.7 Å². The van der Waals surface area contributed by atoms with E-state index in [-0.39, 0.29) is 5.91 Å². The Balaban J connectivity index is 1.38. The largest absolute Gasteiger partial charge is 0.493 e. The molecule has 162 valence electrons. The molecule has 1 amide bonds. The number of aromatic nitrogens is 1. The van der Waals surface area contributed by atoms with Gasteiger partial charge >= 0.3 is 0 Å². The van der Waals surface area contributed by atoms with Gasteiger partial charge in [0, 0.05) is 50.9 Å². The average molecular weight is 411 g/mol. The Morgan fingerprint density at radius 2 is 1.93 bits per heavy atom. The lowest BCUT2D eigenvalue weighted by Crippen LogP contribution is -2.45. The van der Waals surface area contributed by atoms with Crippen LogP contribution in [0.3, 0.4) is 0 Å². The smallest absolute Gasteiger partial charge is 0.220 e. The van der Waals surface area contributed by atoms with Gasteiger partial charge in [-0.2, -0.15) is 0 Å². The number of piperazine rings is 1. The summed E-state index contributed by atoms with van der Waals surface area (Å²) in [4.78, 5) is 21.5. The normalized spacial score (nSPS) is 14.6. The average Bonchev–Trinajstić information content (AvgIpc) is 2.75. The number of carbonyl (C=O) groups excluding carboxylic acids is 1. The molecule has 0 saturated carbocycles. The van der Waals surface area contributed by atoms with E-state index in [4.69, 9.17) is 4.74 Å². The second-order valence-electron chi connectivity index (χ2n) is 8.13. The van der Waals surface area contributed by atoms with Crippen LogP contribution in [0.1, 0.15) is 36.0 Å². The number of nitrogens with zero attached hydrogens (tertiary/aromatic N) is 3. The molecule has 1 N–H and O–H groups in total. The summed E-state index contributed by atoms with van der Waals surface area (Å²) < 4.78 is 5.87.